The van der Waals surface area contributed by atoms with Gasteiger partial charge in [-0.25, -0.2) is 12.8 Å². The fourth-order valence-electron chi connectivity index (χ4n) is 2.17. The van der Waals surface area contributed by atoms with E-state index in [2.05, 4.69) is 9.71 Å². The predicted octanol–water partition coefficient (Wildman–Crippen LogP) is 3.35. The fraction of sp³-hybridized carbons (Fsp3) is 0.0625. The van der Waals surface area contributed by atoms with Crippen LogP contribution in [0.4, 0.5) is 4.39 Å². The molecule has 3 rings (SSSR count). The monoisotopic (exact) mass is 348 g/mol. The van der Waals surface area contributed by atoms with Crippen LogP contribution in [0.25, 0.3) is 0 Å². The van der Waals surface area contributed by atoms with Gasteiger partial charge in [-0.1, -0.05) is 18.2 Å². The van der Waals surface area contributed by atoms with Gasteiger partial charge in [-0.05, 0) is 46.8 Å². The second kappa shape index (κ2) is 6.57. The Hall–Kier alpha value is -2.09. The first-order chi connectivity index (χ1) is 11.1. The van der Waals surface area contributed by atoms with Crippen LogP contribution in [0.15, 0.2) is 70.5 Å². The van der Waals surface area contributed by atoms with Gasteiger partial charge in [-0.3, -0.25) is 4.98 Å². The van der Waals surface area contributed by atoms with E-state index in [0.717, 1.165) is 16.9 Å². The van der Waals surface area contributed by atoms with Crippen molar-refractivity contribution in [3.8, 4) is 0 Å². The molecule has 1 aromatic carbocycles. The van der Waals surface area contributed by atoms with Crippen LogP contribution in [0, 0.1) is 5.82 Å². The number of rotatable bonds is 5. The molecule has 0 aliphatic carbocycles. The second-order valence-corrected chi connectivity index (χ2v) is 7.71. The van der Waals surface area contributed by atoms with Gasteiger partial charge in [0.05, 0.1) is 6.04 Å². The summed E-state index contributed by atoms with van der Waals surface area (Å²) in [5, 5.41) is 1.70. The van der Waals surface area contributed by atoms with Crippen LogP contribution < -0.4 is 4.72 Å². The van der Waals surface area contributed by atoms with Crippen molar-refractivity contribution in [1.29, 1.82) is 0 Å². The largest absolute Gasteiger partial charge is 0.265 e. The van der Waals surface area contributed by atoms with Gasteiger partial charge in [-0.2, -0.15) is 4.72 Å². The van der Waals surface area contributed by atoms with E-state index in [0.29, 0.717) is 5.56 Å². The normalized spacial score (nSPS) is 12.9. The first-order valence-corrected chi connectivity index (χ1v) is 9.14. The molecule has 1 unspecified atom stereocenters. The highest BCUT2D eigenvalue weighted by molar-refractivity contribution is 7.91. The minimum atomic E-state index is -3.67. The lowest BCUT2D eigenvalue weighted by molar-refractivity contribution is 0.574. The van der Waals surface area contributed by atoms with Gasteiger partial charge in [0.15, 0.2) is 0 Å². The molecule has 0 radical (unpaired) electrons. The molecule has 2 heterocycles. The van der Waals surface area contributed by atoms with Gasteiger partial charge in [0.2, 0.25) is 0 Å². The van der Waals surface area contributed by atoms with Crippen molar-refractivity contribution in [3.05, 3.63) is 83.2 Å². The highest BCUT2D eigenvalue weighted by atomic mass is 32.2. The van der Waals surface area contributed by atoms with E-state index in [9.17, 15) is 12.8 Å². The summed E-state index contributed by atoms with van der Waals surface area (Å²) in [6.45, 7) is 0. The third kappa shape index (κ3) is 3.64. The number of nitrogens with zero attached hydrogens (tertiary/aromatic N) is 1. The van der Waals surface area contributed by atoms with Gasteiger partial charge in [0, 0.05) is 12.4 Å². The van der Waals surface area contributed by atoms with Crippen LogP contribution in [-0.4, -0.2) is 13.4 Å². The molecule has 23 heavy (non-hydrogen) atoms. The van der Waals surface area contributed by atoms with Crippen molar-refractivity contribution in [2.24, 2.45) is 0 Å². The van der Waals surface area contributed by atoms with Crippen molar-refractivity contribution in [1.82, 2.24) is 9.71 Å². The summed E-state index contributed by atoms with van der Waals surface area (Å²) in [4.78, 5) is 3.95. The SMILES string of the molecule is O=S(=O)(NC(c1ccncc1)c1ccc(F)cc1)c1cccs1. The number of pyridine rings is 1. The Balaban J connectivity index is 2.01. The molecule has 0 spiro atoms. The number of sulfonamides is 1. The Labute approximate surface area is 137 Å². The zero-order chi connectivity index (χ0) is 16.3. The Morgan fingerprint density at radius 2 is 1.65 bits per heavy atom. The molecule has 0 saturated carbocycles. The Morgan fingerprint density at radius 1 is 1.00 bits per heavy atom. The van der Waals surface area contributed by atoms with Gasteiger partial charge in [0.25, 0.3) is 10.0 Å². The van der Waals surface area contributed by atoms with Gasteiger partial charge in [-0.15, -0.1) is 11.3 Å². The molecular formula is C16H13FN2O2S2. The topological polar surface area (TPSA) is 59.1 Å². The summed E-state index contributed by atoms with van der Waals surface area (Å²) in [5.41, 5.74) is 1.38. The molecule has 0 amide bonds. The number of thiophene rings is 1. The van der Waals surface area contributed by atoms with Crippen LogP contribution in [0.1, 0.15) is 17.2 Å². The molecule has 0 saturated heterocycles. The lowest BCUT2D eigenvalue weighted by Crippen LogP contribution is -2.29. The van der Waals surface area contributed by atoms with Crippen LogP contribution >= 0.6 is 11.3 Å². The number of hydrogen-bond acceptors (Lipinski definition) is 4. The molecule has 118 valence electrons. The second-order valence-electron chi connectivity index (χ2n) is 4.82. The van der Waals surface area contributed by atoms with E-state index in [-0.39, 0.29) is 10.0 Å². The van der Waals surface area contributed by atoms with Crippen LogP contribution in [0.3, 0.4) is 0 Å². The summed E-state index contributed by atoms with van der Waals surface area (Å²) in [7, 11) is -3.67. The van der Waals surface area contributed by atoms with Gasteiger partial charge >= 0.3 is 0 Å². The highest BCUT2D eigenvalue weighted by Crippen LogP contribution is 2.25. The number of benzene rings is 1. The molecule has 3 aromatic rings. The number of hydrogen-bond donors (Lipinski definition) is 1. The van der Waals surface area contributed by atoms with E-state index < -0.39 is 16.1 Å². The number of aromatic nitrogens is 1. The molecule has 0 aliphatic heterocycles. The van der Waals surface area contributed by atoms with Crippen molar-refractivity contribution in [2.75, 3.05) is 0 Å². The number of halogens is 1. The Bertz CT molecular complexity index is 864. The fourth-order valence-corrected chi connectivity index (χ4v) is 4.39. The molecule has 1 atom stereocenters. The van der Waals surface area contributed by atoms with Gasteiger partial charge in [0.1, 0.15) is 10.0 Å². The van der Waals surface area contributed by atoms with Crippen molar-refractivity contribution in [2.45, 2.75) is 10.3 Å². The van der Waals surface area contributed by atoms with Crippen molar-refractivity contribution >= 4 is 21.4 Å². The smallest absolute Gasteiger partial charge is 0.250 e. The van der Waals surface area contributed by atoms with Crippen molar-refractivity contribution < 1.29 is 12.8 Å². The molecule has 2 aromatic heterocycles. The van der Waals surface area contributed by atoms with Gasteiger partial charge < -0.3 is 0 Å². The zero-order valence-electron chi connectivity index (χ0n) is 11.9. The summed E-state index contributed by atoms with van der Waals surface area (Å²) < 4.78 is 41.1. The maximum Gasteiger partial charge on any atom is 0.250 e. The quantitative estimate of drug-likeness (QED) is 0.769. The average Bonchev–Trinajstić information content (AvgIpc) is 3.10. The van der Waals surface area contributed by atoms with E-state index in [1.165, 1.54) is 12.1 Å². The maximum atomic E-state index is 13.2. The third-order valence-electron chi connectivity index (χ3n) is 3.28. The summed E-state index contributed by atoms with van der Waals surface area (Å²) in [6.07, 6.45) is 3.18. The average molecular weight is 348 g/mol. The first-order valence-electron chi connectivity index (χ1n) is 6.77. The lowest BCUT2D eigenvalue weighted by Gasteiger charge is -2.19. The summed E-state index contributed by atoms with van der Waals surface area (Å²) in [5.74, 6) is -0.372. The third-order valence-corrected chi connectivity index (χ3v) is 6.10. The van der Waals surface area contributed by atoms with E-state index in [1.807, 2.05) is 0 Å². The van der Waals surface area contributed by atoms with E-state index >= 15 is 0 Å². The van der Waals surface area contributed by atoms with E-state index in [1.54, 1.807) is 54.2 Å². The lowest BCUT2D eigenvalue weighted by atomic mass is 10.0. The number of nitrogens with one attached hydrogen (secondary N) is 1. The van der Waals surface area contributed by atoms with Crippen LogP contribution in [0.2, 0.25) is 0 Å². The predicted molar refractivity (Wildman–Crippen MR) is 87.1 cm³/mol. The minimum absolute atomic E-state index is 0.235. The summed E-state index contributed by atoms with van der Waals surface area (Å²) in [6, 6.07) is 11.8. The Kier molecular flexibility index (Phi) is 4.51. The zero-order valence-corrected chi connectivity index (χ0v) is 13.5. The van der Waals surface area contributed by atoms with Crippen LogP contribution in [-0.2, 0) is 10.0 Å². The molecule has 4 nitrogen and oxygen atoms in total. The molecular weight excluding hydrogens is 335 g/mol. The maximum absolute atomic E-state index is 13.2. The standard InChI is InChI=1S/C16H13FN2O2S2/c17-14-5-3-12(4-6-14)16(13-7-9-18-10-8-13)19-23(20,21)15-2-1-11-22-15/h1-11,16,19H. The highest BCUT2D eigenvalue weighted by Gasteiger charge is 2.23. The molecule has 0 aliphatic rings. The molecule has 7 heteroatoms. The minimum Gasteiger partial charge on any atom is -0.265 e. The Morgan fingerprint density at radius 3 is 2.26 bits per heavy atom. The first kappa shape index (κ1) is 15.8. The molecule has 0 fully saturated rings. The molecule has 1 N–H and O–H groups in total. The summed E-state index contributed by atoms with van der Waals surface area (Å²) >= 11 is 1.14. The van der Waals surface area contributed by atoms with Crippen LogP contribution in [0.5, 0.6) is 0 Å². The van der Waals surface area contributed by atoms with Crippen molar-refractivity contribution in [3.63, 3.8) is 0 Å². The molecule has 0 bridgehead atoms. The van der Waals surface area contributed by atoms with E-state index in [4.69, 9.17) is 0 Å².